The number of likely N-dealkylation sites (tertiary alicyclic amines) is 1. The third kappa shape index (κ3) is 4.18. The van der Waals surface area contributed by atoms with Gasteiger partial charge in [-0.05, 0) is 33.0 Å². The van der Waals surface area contributed by atoms with Gasteiger partial charge >= 0.3 is 0 Å². The van der Waals surface area contributed by atoms with Crippen LogP contribution in [-0.2, 0) is 4.79 Å². The van der Waals surface area contributed by atoms with Crippen LogP contribution in [0.2, 0.25) is 0 Å². The van der Waals surface area contributed by atoms with E-state index in [1.165, 1.54) is 13.0 Å². The van der Waals surface area contributed by atoms with Gasteiger partial charge in [0.25, 0.3) is 0 Å². The van der Waals surface area contributed by atoms with Crippen molar-refractivity contribution in [2.75, 3.05) is 47.3 Å². The van der Waals surface area contributed by atoms with Crippen molar-refractivity contribution in [2.45, 2.75) is 12.8 Å². The van der Waals surface area contributed by atoms with Crippen molar-refractivity contribution >= 4 is 5.91 Å². The van der Waals surface area contributed by atoms with Gasteiger partial charge in [-0.2, -0.15) is 0 Å². The van der Waals surface area contributed by atoms with E-state index in [4.69, 9.17) is 0 Å². The molecule has 1 unspecified atom stereocenters. The van der Waals surface area contributed by atoms with Crippen LogP contribution in [0.15, 0.2) is 0 Å². The zero-order chi connectivity index (χ0) is 11.3. The van der Waals surface area contributed by atoms with E-state index in [0.717, 1.165) is 19.6 Å². The van der Waals surface area contributed by atoms with Gasteiger partial charge in [-0.1, -0.05) is 0 Å². The first-order chi connectivity index (χ1) is 7.13. The Kier molecular flexibility index (Phi) is 5.05. The predicted molar refractivity (Wildman–Crippen MR) is 61.8 cm³/mol. The standard InChI is InChI=1S/C11H23N3O/c1-12-6-4-11(15)14(3)9-10-5-7-13(2)8-10/h10,12H,4-9H2,1-3H3. The molecular weight excluding hydrogens is 190 g/mol. The van der Waals surface area contributed by atoms with E-state index < -0.39 is 0 Å². The monoisotopic (exact) mass is 213 g/mol. The van der Waals surface area contributed by atoms with Crippen molar-refractivity contribution in [1.29, 1.82) is 0 Å². The van der Waals surface area contributed by atoms with Gasteiger partial charge in [0.2, 0.25) is 5.91 Å². The molecule has 1 saturated heterocycles. The summed E-state index contributed by atoms with van der Waals surface area (Å²) in [6.07, 6.45) is 1.83. The van der Waals surface area contributed by atoms with Crippen molar-refractivity contribution in [3.63, 3.8) is 0 Å². The third-order valence-electron chi connectivity index (χ3n) is 3.04. The first-order valence-corrected chi connectivity index (χ1v) is 5.70. The van der Waals surface area contributed by atoms with Crippen molar-refractivity contribution in [3.8, 4) is 0 Å². The van der Waals surface area contributed by atoms with Crippen LogP contribution in [-0.4, -0.2) is 63.0 Å². The van der Waals surface area contributed by atoms with Gasteiger partial charge in [0.05, 0.1) is 0 Å². The lowest BCUT2D eigenvalue weighted by Crippen LogP contribution is -2.34. The Hall–Kier alpha value is -0.610. The molecule has 4 heteroatoms. The van der Waals surface area contributed by atoms with E-state index in [1.807, 2.05) is 19.0 Å². The lowest BCUT2D eigenvalue weighted by atomic mass is 10.1. The molecule has 1 atom stereocenters. The molecule has 0 spiro atoms. The number of amides is 1. The number of rotatable bonds is 5. The summed E-state index contributed by atoms with van der Waals surface area (Å²) in [5, 5.41) is 3.00. The van der Waals surface area contributed by atoms with Crippen molar-refractivity contribution < 1.29 is 4.79 Å². The fourth-order valence-electron chi connectivity index (χ4n) is 2.09. The highest BCUT2D eigenvalue weighted by molar-refractivity contribution is 5.76. The molecule has 1 amide bonds. The van der Waals surface area contributed by atoms with Crippen LogP contribution >= 0.6 is 0 Å². The summed E-state index contributed by atoms with van der Waals surface area (Å²) < 4.78 is 0. The molecule has 0 saturated carbocycles. The van der Waals surface area contributed by atoms with Crippen LogP contribution in [0.3, 0.4) is 0 Å². The number of nitrogens with zero attached hydrogens (tertiary/aromatic N) is 2. The minimum atomic E-state index is 0.249. The highest BCUT2D eigenvalue weighted by Gasteiger charge is 2.22. The number of carbonyl (C=O) groups is 1. The number of carbonyl (C=O) groups excluding carboxylic acids is 1. The van der Waals surface area contributed by atoms with E-state index in [0.29, 0.717) is 12.3 Å². The third-order valence-corrected chi connectivity index (χ3v) is 3.04. The molecule has 1 fully saturated rings. The molecular formula is C11H23N3O. The van der Waals surface area contributed by atoms with Gasteiger partial charge < -0.3 is 15.1 Å². The van der Waals surface area contributed by atoms with Crippen LogP contribution in [0.4, 0.5) is 0 Å². The maximum absolute atomic E-state index is 11.6. The first kappa shape index (κ1) is 12.5. The number of hydrogen-bond donors (Lipinski definition) is 1. The van der Waals surface area contributed by atoms with Gasteiger partial charge in [-0.15, -0.1) is 0 Å². The van der Waals surface area contributed by atoms with Gasteiger partial charge in [0.15, 0.2) is 0 Å². The van der Waals surface area contributed by atoms with Crippen LogP contribution in [0.1, 0.15) is 12.8 Å². The molecule has 0 aromatic carbocycles. The SMILES string of the molecule is CNCCC(=O)N(C)CC1CCN(C)C1. The minimum absolute atomic E-state index is 0.249. The van der Waals surface area contributed by atoms with E-state index in [-0.39, 0.29) is 5.91 Å². The molecule has 1 heterocycles. The maximum Gasteiger partial charge on any atom is 0.223 e. The molecule has 1 rings (SSSR count). The van der Waals surface area contributed by atoms with Crippen LogP contribution in [0.25, 0.3) is 0 Å². The van der Waals surface area contributed by atoms with Crippen LogP contribution in [0.5, 0.6) is 0 Å². The second-order valence-corrected chi connectivity index (χ2v) is 4.54. The fraction of sp³-hybridized carbons (Fsp3) is 0.909. The Morgan fingerprint density at radius 2 is 2.33 bits per heavy atom. The molecule has 0 radical (unpaired) electrons. The lowest BCUT2D eigenvalue weighted by Gasteiger charge is -2.21. The van der Waals surface area contributed by atoms with E-state index in [2.05, 4.69) is 17.3 Å². The van der Waals surface area contributed by atoms with Crippen LogP contribution < -0.4 is 5.32 Å². The molecule has 1 aliphatic heterocycles. The van der Waals surface area contributed by atoms with Gasteiger partial charge in [-0.3, -0.25) is 4.79 Å². The maximum atomic E-state index is 11.6. The summed E-state index contributed by atoms with van der Waals surface area (Å²) in [7, 11) is 5.93. The van der Waals surface area contributed by atoms with Gasteiger partial charge in [0.1, 0.15) is 0 Å². The molecule has 88 valence electrons. The van der Waals surface area contributed by atoms with Crippen molar-refractivity contribution in [1.82, 2.24) is 15.1 Å². The zero-order valence-corrected chi connectivity index (χ0v) is 10.1. The topological polar surface area (TPSA) is 35.6 Å². The zero-order valence-electron chi connectivity index (χ0n) is 10.1. The number of hydrogen-bond acceptors (Lipinski definition) is 3. The Morgan fingerprint density at radius 1 is 1.60 bits per heavy atom. The summed E-state index contributed by atoms with van der Waals surface area (Å²) in [5.74, 6) is 0.914. The quantitative estimate of drug-likeness (QED) is 0.698. The lowest BCUT2D eigenvalue weighted by molar-refractivity contribution is -0.130. The summed E-state index contributed by atoms with van der Waals surface area (Å²) in [5.41, 5.74) is 0. The van der Waals surface area contributed by atoms with Gasteiger partial charge in [0, 0.05) is 33.1 Å². The summed E-state index contributed by atoms with van der Waals surface area (Å²) in [4.78, 5) is 15.8. The summed E-state index contributed by atoms with van der Waals surface area (Å²) >= 11 is 0. The molecule has 4 nitrogen and oxygen atoms in total. The van der Waals surface area contributed by atoms with E-state index in [1.54, 1.807) is 0 Å². The van der Waals surface area contributed by atoms with E-state index in [9.17, 15) is 4.79 Å². The molecule has 0 aromatic rings. The Labute approximate surface area is 92.6 Å². The Morgan fingerprint density at radius 3 is 2.87 bits per heavy atom. The molecule has 15 heavy (non-hydrogen) atoms. The summed E-state index contributed by atoms with van der Waals surface area (Å²) in [6.45, 7) is 3.98. The van der Waals surface area contributed by atoms with Crippen LogP contribution in [0, 0.1) is 5.92 Å². The largest absolute Gasteiger partial charge is 0.345 e. The molecule has 0 bridgehead atoms. The molecule has 0 aromatic heterocycles. The molecule has 1 aliphatic rings. The highest BCUT2D eigenvalue weighted by atomic mass is 16.2. The summed E-state index contributed by atoms with van der Waals surface area (Å²) in [6, 6.07) is 0. The number of nitrogens with one attached hydrogen (secondary N) is 1. The minimum Gasteiger partial charge on any atom is -0.345 e. The average Bonchev–Trinajstić information content (AvgIpc) is 2.60. The van der Waals surface area contributed by atoms with Crippen molar-refractivity contribution in [3.05, 3.63) is 0 Å². The normalized spacial score (nSPS) is 21.9. The van der Waals surface area contributed by atoms with Crippen molar-refractivity contribution in [2.24, 2.45) is 5.92 Å². The molecule has 1 N–H and O–H groups in total. The second-order valence-electron chi connectivity index (χ2n) is 4.54. The highest BCUT2D eigenvalue weighted by Crippen LogP contribution is 2.15. The van der Waals surface area contributed by atoms with Gasteiger partial charge in [-0.25, -0.2) is 0 Å². The predicted octanol–water partition coefficient (Wildman–Crippen LogP) is 0.00600. The Balaban J connectivity index is 2.22. The average molecular weight is 213 g/mol. The molecule has 0 aliphatic carbocycles. The Bertz CT molecular complexity index is 208. The van der Waals surface area contributed by atoms with E-state index >= 15 is 0 Å². The fourth-order valence-corrected chi connectivity index (χ4v) is 2.09. The first-order valence-electron chi connectivity index (χ1n) is 5.70. The smallest absolute Gasteiger partial charge is 0.223 e. The second kappa shape index (κ2) is 6.08.